The summed E-state index contributed by atoms with van der Waals surface area (Å²) in [7, 11) is 0. The van der Waals surface area contributed by atoms with Crippen LogP contribution in [-0.4, -0.2) is 31.5 Å². The van der Waals surface area contributed by atoms with Gasteiger partial charge in [-0.25, -0.2) is 9.36 Å². The van der Waals surface area contributed by atoms with Crippen molar-refractivity contribution in [1.29, 1.82) is 0 Å². The summed E-state index contributed by atoms with van der Waals surface area (Å²) in [6.45, 7) is 7.27. The van der Waals surface area contributed by atoms with Crippen LogP contribution in [0, 0.1) is 27.7 Å². The Morgan fingerprint density at radius 3 is 1.27 bits per heavy atom. The van der Waals surface area contributed by atoms with Crippen LogP contribution in [0.2, 0.25) is 0 Å². The Morgan fingerprint density at radius 1 is 0.558 bits per heavy atom. The van der Waals surface area contributed by atoms with Gasteiger partial charge in [0.25, 0.3) is 11.1 Å². The van der Waals surface area contributed by atoms with Crippen molar-refractivity contribution in [3.8, 4) is 11.4 Å². The number of azo groups is 2. The maximum Gasteiger partial charge on any atom is 3.00 e. The third-order valence-corrected chi connectivity index (χ3v) is 7.36. The Bertz CT molecular complexity index is 2240. The average Bonchev–Trinajstić information content (AvgIpc) is 3.55. The molecule has 0 fully saturated rings. The molecule has 1 radical (unpaired) electrons. The fraction of sp³-hybridized carbons (Fsp3) is 0.111. The molecule has 2 N–H and O–H groups in total. The van der Waals surface area contributed by atoms with Crippen molar-refractivity contribution < 1.29 is 66.7 Å². The van der Waals surface area contributed by atoms with Gasteiger partial charge in [0.15, 0.2) is 11.4 Å². The van der Waals surface area contributed by atoms with Gasteiger partial charge in [-0.05, 0) is 75.2 Å². The molecule has 0 unspecified atom stereocenters. The molecule has 0 aliphatic heterocycles. The molecule has 0 saturated heterocycles. The summed E-state index contributed by atoms with van der Waals surface area (Å²) in [5.41, 5.74) is 4.06. The summed E-state index contributed by atoms with van der Waals surface area (Å²) in [4.78, 5) is 47.4. The first kappa shape index (κ1) is 41.0. The number of aromatic nitrogens is 4. The zero-order valence-electron chi connectivity index (χ0n) is 28.8. The van der Waals surface area contributed by atoms with Crippen molar-refractivity contribution in [1.82, 2.24) is 19.6 Å². The van der Waals surface area contributed by atoms with Gasteiger partial charge in [0.1, 0.15) is 0 Å². The van der Waals surface area contributed by atoms with E-state index in [1.807, 2.05) is 50.2 Å². The molecule has 6 rings (SSSR count). The summed E-state index contributed by atoms with van der Waals surface area (Å²) in [6, 6.07) is 27.0. The topological polar surface area (TPSA) is 205 Å². The minimum atomic E-state index is -1.35. The predicted molar refractivity (Wildman–Crippen MR) is 182 cm³/mol. The Morgan fingerprint density at radius 2 is 0.923 bits per heavy atom. The average molecular weight is 746 g/mol. The van der Waals surface area contributed by atoms with E-state index in [4.69, 9.17) is 0 Å². The van der Waals surface area contributed by atoms with Gasteiger partial charge in [-0.2, -0.15) is 0 Å². The number of H-pyrrole nitrogens is 2. The number of aromatic carboxylic acids is 2. The largest absolute Gasteiger partial charge is 3.00 e. The summed E-state index contributed by atoms with van der Waals surface area (Å²) < 4.78 is 2.75. The van der Waals surface area contributed by atoms with Crippen LogP contribution in [0.1, 0.15) is 43.2 Å². The minimum Gasteiger partial charge on any atom is -0.545 e. The van der Waals surface area contributed by atoms with E-state index in [2.05, 4.69) is 30.7 Å². The van der Waals surface area contributed by atoms with Gasteiger partial charge < -0.3 is 19.8 Å². The number of carboxylic acid groups (broad SMARTS) is 2. The summed E-state index contributed by atoms with van der Waals surface area (Å²) >= 11 is 0. The Kier molecular flexibility index (Phi) is 14.3. The molecule has 0 saturated carbocycles. The number of hydrogen-bond acceptors (Lipinski definition) is 10. The van der Waals surface area contributed by atoms with Crippen LogP contribution in [0.15, 0.2) is 127 Å². The molecular formula is C36H30CrN8NaO6+2. The van der Waals surface area contributed by atoms with Crippen molar-refractivity contribution in [3.05, 3.63) is 151 Å². The summed E-state index contributed by atoms with van der Waals surface area (Å²) in [6.07, 6.45) is 0. The Balaban J connectivity index is 0.000000270. The van der Waals surface area contributed by atoms with E-state index < -0.39 is 11.9 Å². The van der Waals surface area contributed by atoms with Gasteiger partial charge in [0.05, 0.1) is 46.1 Å². The number of carbonyl (C=O) groups excluding carboxylic acids is 2. The molecule has 2 aromatic heterocycles. The normalized spacial score (nSPS) is 10.7. The summed E-state index contributed by atoms with van der Waals surface area (Å²) in [5, 5.41) is 43.9. The maximum atomic E-state index is 12.6. The van der Waals surface area contributed by atoms with E-state index >= 15 is 0 Å². The van der Waals surface area contributed by atoms with Crippen LogP contribution in [0.5, 0.6) is 0 Å². The van der Waals surface area contributed by atoms with Crippen LogP contribution < -0.4 is 50.9 Å². The zero-order valence-corrected chi connectivity index (χ0v) is 32.1. The molecular weight excluding hydrogens is 715 g/mol. The molecule has 4 aromatic carbocycles. The molecule has 255 valence electrons. The minimum absolute atomic E-state index is 0. The Labute approximate surface area is 330 Å². The van der Waals surface area contributed by atoms with Crippen LogP contribution in [0.25, 0.3) is 11.4 Å². The van der Waals surface area contributed by atoms with Gasteiger partial charge in [-0.15, -0.1) is 20.5 Å². The van der Waals surface area contributed by atoms with Crippen LogP contribution in [0.3, 0.4) is 0 Å². The first-order valence-electron chi connectivity index (χ1n) is 15.2. The van der Waals surface area contributed by atoms with Gasteiger partial charge in [-0.3, -0.25) is 19.8 Å². The SMILES string of the molecule is Cc1cccc(-n2[nH]c(C)c(N=Nc3ccccc3C(=O)[O-])c2=O)c1.Cc1cccc(-n2[nH]c(C)c(N=Nc3ccccc3C(=O)[O-])c2=O)c1.[Cr+3].[Na+]. The molecule has 0 spiro atoms. The molecule has 6 aromatic rings. The van der Waals surface area contributed by atoms with E-state index in [0.29, 0.717) is 22.8 Å². The number of nitrogens with one attached hydrogen (secondary N) is 2. The van der Waals surface area contributed by atoms with E-state index in [0.717, 1.165) is 11.1 Å². The van der Waals surface area contributed by atoms with Crippen molar-refractivity contribution in [2.45, 2.75) is 27.7 Å². The van der Waals surface area contributed by atoms with Crippen molar-refractivity contribution >= 4 is 34.7 Å². The first-order chi connectivity index (χ1) is 23.9. The Hall–Kier alpha value is -5.43. The number of rotatable bonds is 8. The van der Waals surface area contributed by atoms with Gasteiger partial charge in [-0.1, -0.05) is 60.7 Å². The second-order valence-electron chi connectivity index (χ2n) is 11.1. The monoisotopic (exact) mass is 745 g/mol. The van der Waals surface area contributed by atoms with Crippen molar-refractivity contribution in [2.24, 2.45) is 20.5 Å². The number of carboxylic acids is 2. The van der Waals surface area contributed by atoms with E-state index in [-0.39, 0.29) is 91.9 Å². The number of aryl methyl sites for hydroxylation is 4. The van der Waals surface area contributed by atoms with E-state index in [1.165, 1.54) is 33.6 Å². The molecule has 0 amide bonds. The number of carbonyl (C=O) groups is 2. The zero-order chi connectivity index (χ0) is 35.9. The van der Waals surface area contributed by atoms with Crippen molar-refractivity contribution in [2.75, 3.05) is 0 Å². The third kappa shape index (κ3) is 9.46. The molecule has 0 aliphatic carbocycles. The number of aromatic amines is 2. The molecule has 0 atom stereocenters. The molecule has 0 aliphatic rings. The van der Waals surface area contributed by atoms with Crippen molar-refractivity contribution in [3.63, 3.8) is 0 Å². The quantitative estimate of drug-likeness (QED) is 0.176. The number of benzene rings is 4. The van der Waals surface area contributed by atoms with Crippen LogP contribution in [-0.2, 0) is 17.4 Å². The fourth-order valence-corrected chi connectivity index (χ4v) is 4.88. The van der Waals surface area contributed by atoms with Crippen LogP contribution >= 0.6 is 0 Å². The van der Waals surface area contributed by atoms with Gasteiger partial charge >= 0.3 is 46.9 Å². The molecule has 52 heavy (non-hydrogen) atoms. The fourth-order valence-electron chi connectivity index (χ4n) is 4.88. The predicted octanol–water partition coefficient (Wildman–Crippen LogP) is 2.12. The van der Waals surface area contributed by atoms with E-state index in [9.17, 15) is 29.4 Å². The molecule has 16 heteroatoms. The third-order valence-electron chi connectivity index (χ3n) is 7.36. The van der Waals surface area contributed by atoms with Crippen LogP contribution in [0.4, 0.5) is 22.7 Å². The van der Waals surface area contributed by atoms with Gasteiger partial charge in [0.2, 0.25) is 0 Å². The number of nitrogens with zero attached hydrogens (tertiary/aromatic N) is 6. The van der Waals surface area contributed by atoms with E-state index in [1.54, 1.807) is 50.2 Å². The number of hydrogen-bond donors (Lipinski definition) is 2. The standard InChI is InChI=1S/2C18H16N4O3.Cr.Na/c2*1-11-6-5-7-13(10-11)22-17(23)16(12(2)21-22)20-19-15-9-4-3-8-14(15)18(24)25;;/h2*3-10,21H,1-2H3,(H,24,25);;/q;;+3;+1/p-2. The second-order valence-corrected chi connectivity index (χ2v) is 11.1. The maximum absolute atomic E-state index is 12.6. The second kappa shape index (κ2) is 18.2. The smallest absolute Gasteiger partial charge is 0.545 e. The first-order valence-corrected chi connectivity index (χ1v) is 15.2. The van der Waals surface area contributed by atoms with Gasteiger partial charge in [0, 0.05) is 11.1 Å². The molecule has 0 bridgehead atoms. The molecule has 2 heterocycles. The summed E-state index contributed by atoms with van der Waals surface area (Å²) in [5.74, 6) is -2.70. The molecule has 14 nitrogen and oxygen atoms in total.